The predicted octanol–water partition coefficient (Wildman–Crippen LogP) is 1.93. The van der Waals surface area contributed by atoms with E-state index in [0.29, 0.717) is 0 Å². The summed E-state index contributed by atoms with van der Waals surface area (Å²) in [4.78, 5) is 10.7. The summed E-state index contributed by atoms with van der Waals surface area (Å²) < 4.78 is 0. The molecule has 0 heterocycles. The van der Waals surface area contributed by atoms with E-state index in [0.717, 1.165) is 6.42 Å². The molecule has 0 radical (unpaired) electrons. The topological polar surface area (TPSA) is 37.3 Å². The summed E-state index contributed by atoms with van der Waals surface area (Å²) in [6.07, 6.45) is 2.17. The maximum absolute atomic E-state index is 10.7. The van der Waals surface area contributed by atoms with Gasteiger partial charge in [0.15, 0.2) is 0 Å². The van der Waals surface area contributed by atoms with Crippen molar-refractivity contribution in [3.8, 4) is 0 Å². The Morgan fingerprint density at radius 2 is 2.17 bits per heavy atom. The van der Waals surface area contributed by atoms with Gasteiger partial charge >= 0.3 is 0 Å². The smallest absolute Gasteiger partial charge is 0.132 e. The molecule has 0 fully saturated rings. The van der Waals surface area contributed by atoms with Gasteiger partial charge in [-0.25, -0.2) is 0 Å². The van der Waals surface area contributed by atoms with Crippen molar-refractivity contribution in [2.75, 3.05) is 0 Å². The van der Waals surface area contributed by atoms with Gasteiger partial charge in [0.1, 0.15) is 5.78 Å². The molecule has 0 rings (SSSR count). The van der Waals surface area contributed by atoms with Crippen LogP contribution in [0.1, 0.15) is 33.6 Å². The number of Topliss-reactive ketones (excluding diaryl/α,β-unsaturated/α-hetero) is 1. The zero-order valence-corrected chi connectivity index (χ0v) is 8.13. The third-order valence-corrected chi connectivity index (χ3v) is 2.05. The van der Waals surface area contributed by atoms with E-state index in [1.807, 2.05) is 13.8 Å². The van der Waals surface area contributed by atoms with Gasteiger partial charge in [-0.15, -0.1) is 6.58 Å². The molecule has 0 aromatic carbocycles. The first-order valence-corrected chi connectivity index (χ1v) is 4.18. The Labute approximate surface area is 74.3 Å². The highest BCUT2D eigenvalue weighted by molar-refractivity contribution is 5.76. The summed E-state index contributed by atoms with van der Waals surface area (Å²) in [6.45, 7) is 8.97. The van der Waals surface area contributed by atoms with Crippen molar-refractivity contribution in [1.29, 1.82) is 0 Å². The van der Waals surface area contributed by atoms with Crippen molar-refractivity contribution < 1.29 is 9.90 Å². The molecule has 1 atom stereocenters. The summed E-state index contributed by atoms with van der Waals surface area (Å²) >= 11 is 0. The van der Waals surface area contributed by atoms with E-state index >= 15 is 0 Å². The van der Waals surface area contributed by atoms with Crippen LogP contribution >= 0.6 is 0 Å². The third kappa shape index (κ3) is 3.67. The van der Waals surface area contributed by atoms with Gasteiger partial charge in [0.25, 0.3) is 0 Å². The zero-order valence-electron chi connectivity index (χ0n) is 8.13. The Balaban J connectivity index is 4.13. The van der Waals surface area contributed by atoms with Gasteiger partial charge in [-0.05, 0) is 18.8 Å². The van der Waals surface area contributed by atoms with E-state index < -0.39 is 6.10 Å². The van der Waals surface area contributed by atoms with Crippen LogP contribution < -0.4 is 0 Å². The Morgan fingerprint density at radius 1 is 1.67 bits per heavy atom. The molecule has 2 heteroatoms. The standard InChI is InChI=1S/C10H18O2/c1-5-6-10(3,4)9(12)7-8(2)11/h5,9,12H,1,6-7H2,2-4H3/t9-/m1/s1. The fraction of sp³-hybridized carbons (Fsp3) is 0.700. The van der Waals surface area contributed by atoms with Crippen LogP contribution in [0.4, 0.5) is 0 Å². The highest BCUT2D eigenvalue weighted by atomic mass is 16.3. The van der Waals surface area contributed by atoms with Crippen molar-refractivity contribution >= 4 is 5.78 Å². The van der Waals surface area contributed by atoms with E-state index in [9.17, 15) is 9.90 Å². The molecule has 1 N–H and O–H groups in total. The van der Waals surface area contributed by atoms with Gasteiger partial charge in [0.05, 0.1) is 6.10 Å². The van der Waals surface area contributed by atoms with Crippen LogP contribution in [0.5, 0.6) is 0 Å². The van der Waals surface area contributed by atoms with E-state index in [2.05, 4.69) is 6.58 Å². The van der Waals surface area contributed by atoms with Crippen LogP contribution in [-0.2, 0) is 4.79 Å². The molecule has 0 spiro atoms. The maximum Gasteiger partial charge on any atom is 0.132 e. The normalized spacial score (nSPS) is 14.0. The Bertz CT molecular complexity index is 171. The first-order valence-electron chi connectivity index (χ1n) is 4.18. The highest BCUT2D eigenvalue weighted by Gasteiger charge is 2.26. The van der Waals surface area contributed by atoms with Crippen LogP contribution in [0.3, 0.4) is 0 Å². The number of carbonyl (C=O) groups excluding carboxylic acids is 1. The molecule has 0 aliphatic carbocycles. The molecule has 2 nitrogen and oxygen atoms in total. The average molecular weight is 170 g/mol. The number of aliphatic hydroxyl groups excluding tert-OH is 1. The summed E-state index contributed by atoms with van der Waals surface area (Å²) in [7, 11) is 0. The molecule has 0 saturated carbocycles. The van der Waals surface area contributed by atoms with Crippen LogP contribution in [0, 0.1) is 5.41 Å². The Kier molecular flexibility index (Phi) is 4.18. The lowest BCUT2D eigenvalue weighted by Gasteiger charge is -2.28. The molecule has 0 aromatic heterocycles. The van der Waals surface area contributed by atoms with E-state index in [1.54, 1.807) is 6.08 Å². The van der Waals surface area contributed by atoms with Crippen molar-refractivity contribution in [2.45, 2.75) is 39.7 Å². The molecule has 12 heavy (non-hydrogen) atoms. The van der Waals surface area contributed by atoms with Gasteiger partial charge in [-0.3, -0.25) is 4.79 Å². The Morgan fingerprint density at radius 3 is 2.50 bits per heavy atom. The lowest BCUT2D eigenvalue weighted by molar-refractivity contribution is -0.120. The summed E-state index contributed by atoms with van der Waals surface area (Å²) in [5.41, 5.74) is -0.243. The van der Waals surface area contributed by atoms with Crippen LogP contribution in [0.2, 0.25) is 0 Å². The number of hydrogen-bond donors (Lipinski definition) is 1. The van der Waals surface area contributed by atoms with Crippen molar-refractivity contribution in [2.24, 2.45) is 5.41 Å². The van der Waals surface area contributed by atoms with E-state index in [-0.39, 0.29) is 17.6 Å². The van der Waals surface area contributed by atoms with Crippen molar-refractivity contribution in [3.63, 3.8) is 0 Å². The maximum atomic E-state index is 10.7. The quantitative estimate of drug-likeness (QED) is 0.640. The van der Waals surface area contributed by atoms with Gasteiger partial charge in [-0.1, -0.05) is 19.9 Å². The fourth-order valence-corrected chi connectivity index (χ4v) is 1.06. The lowest BCUT2D eigenvalue weighted by atomic mass is 9.81. The molecular weight excluding hydrogens is 152 g/mol. The number of ketones is 1. The largest absolute Gasteiger partial charge is 0.392 e. The number of carbonyl (C=O) groups is 1. The molecule has 0 aromatic rings. The first-order chi connectivity index (χ1) is 5.40. The summed E-state index contributed by atoms with van der Waals surface area (Å²) in [5.74, 6) is 0.0274. The zero-order chi connectivity index (χ0) is 9.78. The van der Waals surface area contributed by atoms with E-state index in [4.69, 9.17) is 0 Å². The highest BCUT2D eigenvalue weighted by Crippen LogP contribution is 2.27. The number of aliphatic hydroxyl groups is 1. The second-order valence-corrected chi connectivity index (χ2v) is 3.90. The summed E-state index contributed by atoms with van der Waals surface area (Å²) in [6, 6.07) is 0. The van der Waals surface area contributed by atoms with Crippen molar-refractivity contribution in [3.05, 3.63) is 12.7 Å². The summed E-state index contributed by atoms with van der Waals surface area (Å²) in [5, 5.41) is 9.61. The molecule has 0 unspecified atom stereocenters. The molecule has 0 saturated heterocycles. The monoisotopic (exact) mass is 170 g/mol. The number of allylic oxidation sites excluding steroid dienone is 1. The molecular formula is C10H18O2. The fourth-order valence-electron chi connectivity index (χ4n) is 1.06. The van der Waals surface area contributed by atoms with Crippen LogP contribution in [0.25, 0.3) is 0 Å². The first kappa shape index (κ1) is 11.4. The molecule has 0 aliphatic heterocycles. The molecule has 0 amide bonds. The second kappa shape index (κ2) is 4.41. The third-order valence-electron chi connectivity index (χ3n) is 2.05. The molecule has 0 aliphatic rings. The minimum Gasteiger partial charge on any atom is -0.392 e. The van der Waals surface area contributed by atoms with Gasteiger partial charge in [-0.2, -0.15) is 0 Å². The van der Waals surface area contributed by atoms with E-state index in [1.165, 1.54) is 6.92 Å². The molecule has 70 valence electrons. The average Bonchev–Trinajstić information content (AvgIpc) is 1.85. The van der Waals surface area contributed by atoms with Gasteiger partial charge in [0.2, 0.25) is 0 Å². The minimum atomic E-state index is -0.562. The number of hydrogen-bond acceptors (Lipinski definition) is 2. The minimum absolute atomic E-state index is 0.0274. The predicted molar refractivity (Wildman–Crippen MR) is 49.9 cm³/mol. The second-order valence-electron chi connectivity index (χ2n) is 3.90. The lowest BCUT2D eigenvalue weighted by Crippen LogP contribution is -2.30. The Hall–Kier alpha value is -0.630. The number of rotatable bonds is 5. The van der Waals surface area contributed by atoms with Gasteiger partial charge in [0, 0.05) is 6.42 Å². The SMILES string of the molecule is C=CCC(C)(C)[C@H](O)CC(C)=O. The van der Waals surface area contributed by atoms with Gasteiger partial charge < -0.3 is 5.11 Å². The van der Waals surface area contributed by atoms with Crippen LogP contribution in [-0.4, -0.2) is 17.0 Å². The molecule has 0 bridgehead atoms. The van der Waals surface area contributed by atoms with Crippen molar-refractivity contribution in [1.82, 2.24) is 0 Å². The van der Waals surface area contributed by atoms with Crippen LogP contribution in [0.15, 0.2) is 12.7 Å².